The number of benzene rings is 1. The molecule has 8 nitrogen and oxygen atoms in total. The van der Waals surface area contributed by atoms with Crippen LogP contribution in [0, 0.1) is 12.7 Å². The number of fused-ring (bicyclic) bond motifs is 1. The van der Waals surface area contributed by atoms with E-state index in [1.807, 2.05) is 37.5 Å². The third-order valence-corrected chi connectivity index (χ3v) is 6.31. The van der Waals surface area contributed by atoms with Crippen LogP contribution in [0.1, 0.15) is 22.9 Å². The number of likely N-dealkylation sites (tertiary alicyclic amines) is 1. The highest BCUT2D eigenvalue weighted by Gasteiger charge is 2.29. The van der Waals surface area contributed by atoms with E-state index < -0.39 is 5.82 Å². The van der Waals surface area contributed by atoms with Crippen molar-refractivity contribution >= 4 is 5.65 Å². The number of hydrogen-bond donors (Lipinski definition) is 1. The number of rotatable bonds is 5. The van der Waals surface area contributed by atoms with Crippen LogP contribution in [0.25, 0.3) is 28.0 Å². The molecule has 4 aromatic heterocycles. The molecule has 9 heteroatoms. The molecule has 1 aromatic carbocycles. The van der Waals surface area contributed by atoms with Crippen molar-refractivity contribution < 1.29 is 9.50 Å². The van der Waals surface area contributed by atoms with Gasteiger partial charge in [-0.05, 0) is 42.8 Å². The first-order valence-corrected chi connectivity index (χ1v) is 11.3. The molecule has 174 valence electrons. The zero-order chi connectivity index (χ0) is 23.9. The lowest BCUT2D eigenvalue weighted by atomic mass is 9.95. The van der Waals surface area contributed by atoms with Gasteiger partial charge in [-0.2, -0.15) is 10.2 Å². The van der Waals surface area contributed by atoms with Gasteiger partial charge < -0.3 is 9.51 Å². The van der Waals surface area contributed by atoms with Crippen molar-refractivity contribution in [3.63, 3.8) is 0 Å². The minimum Gasteiger partial charge on any atom is -0.507 e. The number of hydrogen-bond acceptors (Lipinski definition) is 7. The summed E-state index contributed by atoms with van der Waals surface area (Å²) in [7, 11) is 0. The molecule has 35 heavy (non-hydrogen) atoms. The molecule has 0 bridgehead atoms. The van der Waals surface area contributed by atoms with Gasteiger partial charge in [0.25, 0.3) is 0 Å². The van der Waals surface area contributed by atoms with Crippen LogP contribution in [0.2, 0.25) is 0 Å². The van der Waals surface area contributed by atoms with E-state index in [1.165, 1.54) is 12.4 Å². The SMILES string of the molecule is Cc1cn2cc(-c3ccc(-c4ccc(C5CN(Cc6cncnc6)C5)nn4)c(O)c3)cc(F)c2n1. The van der Waals surface area contributed by atoms with Gasteiger partial charge in [0, 0.05) is 67.0 Å². The Labute approximate surface area is 200 Å². The van der Waals surface area contributed by atoms with Crippen molar-refractivity contribution in [1.29, 1.82) is 0 Å². The summed E-state index contributed by atoms with van der Waals surface area (Å²) in [6.07, 6.45) is 8.77. The van der Waals surface area contributed by atoms with Crippen LogP contribution >= 0.6 is 0 Å². The maximum atomic E-state index is 14.5. The van der Waals surface area contributed by atoms with Crippen molar-refractivity contribution in [3.05, 3.63) is 90.3 Å². The molecule has 0 spiro atoms. The van der Waals surface area contributed by atoms with E-state index in [0.717, 1.165) is 36.6 Å². The van der Waals surface area contributed by atoms with Gasteiger partial charge in [-0.3, -0.25) is 4.90 Å². The number of pyridine rings is 1. The molecular weight excluding hydrogens is 445 g/mol. The Hall–Kier alpha value is -4.24. The van der Waals surface area contributed by atoms with Crippen molar-refractivity contribution in [2.75, 3.05) is 13.1 Å². The summed E-state index contributed by atoms with van der Waals surface area (Å²) in [6.45, 7) is 4.45. The molecule has 0 saturated carbocycles. The number of nitrogens with zero attached hydrogens (tertiary/aromatic N) is 7. The highest BCUT2D eigenvalue weighted by molar-refractivity contribution is 5.74. The van der Waals surface area contributed by atoms with Crippen molar-refractivity contribution in [3.8, 4) is 28.1 Å². The van der Waals surface area contributed by atoms with Crippen LogP contribution in [0.15, 0.2) is 67.5 Å². The van der Waals surface area contributed by atoms with Crippen molar-refractivity contribution in [1.82, 2.24) is 34.4 Å². The van der Waals surface area contributed by atoms with Gasteiger partial charge in [0.05, 0.1) is 17.1 Å². The number of phenols is 1. The maximum absolute atomic E-state index is 14.5. The lowest BCUT2D eigenvalue weighted by Gasteiger charge is -2.38. The van der Waals surface area contributed by atoms with E-state index in [-0.39, 0.29) is 11.4 Å². The zero-order valence-electron chi connectivity index (χ0n) is 19.0. The Morgan fingerprint density at radius 2 is 1.83 bits per heavy atom. The lowest BCUT2D eigenvalue weighted by molar-refractivity contribution is 0.136. The van der Waals surface area contributed by atoms with Crippen LogP contribution in [0.3, 0.4) is 0 Å². The molecule has 0 unspecified atom stereocenters. The molecule has 5 aromatic rings. The molecule has 0 atom stereocenters. The number of aromatic nitrogens is 6. The van der Waals surface area contributed by atoms with Gasteiger partial charge in [-0.1, -0.05) is 6.07 Å². The third-order valence-electron chi connectivity index (χ3n) is 6.31. The molecule has 1 aliphatic rings. The Morgan fingerprint density at radius 1 is 1.00 bits per heavy atom. The number of halogens is 1. The molecule has 1 N–H and O–H groups in total. The van der Waals surface area contributed by atoms with Crippen LogP contribution in [-0.2, 0) is 6.54 Å². The Bertz CT molecular complexity index is 1510. The molecule has 5 heterocycles. The van der Waals surface area contributed by atoms with E-state index in [0.29, 0.717) is 28.3 Å². The summed E-state index contributed by atoms with van der Waals surface area (Å²) >= 11 is 0. The van der Waals surface area contributed by atoms with Crippen molar-refractivity contribution in [2.45, 2.75) is 19.4 Å². The summed E-state index contributed by atoms with van der Waals surface area (Å²) in [6, 6.07) is 10.5. The normalized spacial score (nSPS) is 14.3. The minimum absolute atomic E-state index is 0.0618. The van der Waals surface area contributed by atoms with E-state index in [9.17, 15) is 9.50 Å². The second-order valence-corrected chi connectivity index (χ2v) is 8.90. The standard InChI is InChI=1S/C26H22FN7O/c1-16-10-34-14-19(6-22(27)26(34)30-16)18-2-3-21(25(35)7-18)24-5-4-23(31-32-24)20-12-33(13-20)11-17-8-28-15-29-9-17/h2-10,14-15,20,35H,11-13H2,1H3. The molecule has 1 saturated heterocycles. The van der Waals surface area contributed by atoms with Crippen molar-refractivity contribution in [2.24, 2.45) is 0 Å². The van der Waals surface area contributed by atoms with E-state index >= 15 is 0 Å². The second-order valence-electron chi connectivity index (χ2n) is 8.90. The molecule has 1 aliphatic heterocycles. The summed E-state index contributed by atoms with van der Waals surface area (Å²) in [5, 5.41) is 19.5. The Kier molecular flexibility index (Phi) is 5.18. The number of phenolic OH excluding ortho intramolecular Hbond substituents is 1. The smallest absolute Gasteiger partial charge is 0.173 e. The quantitative estimate of drug-likeness (QED) is 0.418. The molecule has 0 amide bonds. The van der Waals surface area contributed by atoms with Crippen LogP contribution in [0.4, 0.5) is 4.39 Å². The summed E-state index contributed by atoms with van der Waals surface area (Å²) in [5.41, 5.74) is 5.55. The van der Waals surface area contributed by atoms with Crippen LogP contribution < -0.4 is 0 Å². The number of aromatic hydroxyl groups is 1. The minimum atomic E-state index is -0.410. The van der Waals surface area contributed by atoms with Crippen LogP contribution in [-0.4, -0.2) is 52.6 Å². The number of aryl methyl sites for hydroxylation is 1. The van der Waals surface area contributed by atoms with Gasteiger partial charge in [0.15, 0.2) is 11.5 Å². The fourth-order valence-corrected chi connectivity index (χ4v) is 4.52. The first-order valence-electron chi connectivity index (χ1n) is 11.3. The van der Waals surface area contributed by atoms with Gasteiger partial charge in [-0.15, -0.1) is 0 Å². The molecule has 0 aliphatic carbocycles. The van der Waals surface area contributed by atoms with Gasteiger partial charge >= 0.3 is 0 Å². The number of imidazole rings is 1. The fraction of sp³-hybridized carbons (Fsp3) is 0.192. The second kappa shape index (κ2) is 8.52. The third kappa shape index (κ3) is 4.10. The fourth-order valence-electron chi connectivity index (χ4n) is 4.52. The highest BCUT2D eigenvalue weighted by Crippen LogP contribution is 2.34. The predicted octanol–water partition coefficient (Wildman–Crippen LogP) is 4.00. The first-order chi connectivity index (χ1) is 17.0. The monoisotopic (exact) mass is 467 g/mol. The average Bonchev–Trinajstić information content (AvgIpc) is 3.23. The van der Waals surface area contributed by atoms with Gasteiger partial charge in [0.1, 0.15) is 12.1 Å². The highest BCUT2D eigenvalue weighted by atomic mass is 19.1. The molecular formula is C26H22FN7O. The predicted molar refractivity (Wildman–Crippen MR) is 128 cm³/mol. The Balaban J connectivity index is 1.17. The summed E-state index contributed by atoms with van der Waals surface area (Å²) in [4.78, 5) is 14.6. The van der Waals surface area contributed by atoms with Crippen LogP contribution in [0.5, 0.6) is 5.75 Å². The van der Waals surface area contributed by atoms with E-state index in [2.05, 4.69) is 30.0 Å². The topological polar surface area (TPSA) is 92.3 Å². The first kappa shape index (κ1) is 21.3. The molecule has 6 rings (SSSR count). The largest absolute Gasteiger partial charge is 0.507 e. The molecule has 1 fully saturated rings. The average molecular weight is 468 g/mol. The molecule has 0 radical (unpaired) electrons. The Morgan fingerprint density at radius 3 is 2.57 bits per heavy atom. The van der Waals surface area contributed by atoms with Gasteiger partial charge in [-0.25, -0.2) is 19.3 Å². The maximum Gasteiger partial charge on any atom is 0.173 e. The lowest BCUT2D eigenvalue weighted by Crippen LogP contribution is -2.44. The van der Waals surface area contributed by atoms with Gasteiger partial charge in [0.2, 0.25) is 0 Å². The zero-order valence-corrected chi connectivity index (χ0v) is 19.0. The van der Waals surface area contributed by atoms with E-state index in [4.69, 9.17) is 0 Å². The summed E-state index contributed by atoms with van der Waals surface area (Å²) in [5.74, 6) is -0.0205. The summed E-state index contributed by atoms with van der Waals surface area (Å²) < 4.78 is 16.1. The van der Waals surface area contributed by atoms with E-state index in [1.54, 1.807) is 28.9 Å².